The Morgan fingerprint density at radius 1 is 1.18 bits per heavy atom. The molecule has 2 N–H and O–H groups in total. The maximum Gasteiger partial charge on any atom is 0.240 e. The molecule has 6 heteroatoms. The second-order valence-electron chi connectivity index (χ2n) is 5.47. The molecule has 0 spiro atoms. The SMILES string of the molecule is O=S(=O)(NCC1(O)CCc2ccccc21)c1cccc(Cl)c1. The van der Waals surface area contributed by atoms with E-state index in [-0.39, 0.29) is 11.4 Å². The highest BCUT2D eigenvalue weighted by Gasteiger charge is 2.37. The zero-order chi connectivity index (χ0) is 15.8. The third kappa shape index (κ3) is 2.90. The average molecular weight is 338 g/mol. The van der Waals surface area contributed by atoms with Crippen LogP contribution >= 0.6 is 11.6 Å². The Morgan fingerprint density at radius 3 is 2.73 bits per heavy atom. The lowest BCUT2D eigenvalue weighted by atomic mass is 9.96. The van der Waals surface area contributed by atoms with Crippen molar-refractivity contribution in [3.05, 3.63) is 64.7 Å². The summed E-state index contributed by atoms with van der Waals surface area (Å²) in [4.78, 5) is 0.0925. The quantitative estimate of drug-likeness (QED) is 0.900. The number of aliphatic hydroxyl groups is 1. The smallest absolute Gasteiger partial charge is 0.240 e. The van der Waals surface area contributed by atoms with Gasteiger partial charge in [-0.2, -0.15) is 0 Å². The van der Waals surface area contributed by atoms with Crippen LogP contribution in [0.5, 0.6) is 0 Å². The first-order valence-electron chi connectivity index (χ1n) is 6.97. The van der Waals surface area contributed by atoms with Gasteiger partial charge in [-0.25, -0.2) is 13.1 Å². The van der Waals surface area contributed by atoms with Crippen LogP contribution in [0.2, 0.25) is 5.02 Å². The van der Waals surface area contributed by atoms with Gasteiger partial charge in [-0.1, -0.05) is 41.9 Å². The Hall–Kier alpha value is -1.40. The summed E-state index contributed by atoms with van der Waals surface area (Å²) in [6.07, 6.45) is 1.25. The fourth-order valence-corrected chi connectivity index (χ4v) is 4.17. The lowest BCUT2D eigenvalue weighted by Gasteiger charge is -2.24. The summed E-state index contributed by atoms with van der Waals surface area (Å²) < 4.78 is 27.1. The summed E-state index contributed by atoms with van der Waals surface area (Å²) in [5, 5.41) is 11.1. The molecule has 4 nitrogen and oxygen atoms in total. The highest BCUT2D eigenvalue weighted by atomic mass is 35.5. The van der Waals surface area contributed by atoms with E-state index in [2.05, 4.69) is 4.72 Å². The van der Waals surface area contributed by atoms with Crippen molar-refractivity contribution in [3.8, 4) is 0 Å². The molecule has 116 valence electrons. The number of halogens is 1. The molecule has 0 bridgehead atoms. The van der Waals surface area contributed by atoms with Crippen molar-refractivity contribution in [1.29, 1.82) is 0 Å². The van der Waals surface area contributed by atoms with Gasteiger partial charge in [0, 0.05) is 11.6 Å². The first-order valence-corrected chi connectivity index (χ1v) is 8.83. The van der Waals surface area contributed by atoms with Crippen LogP contribution in [0.4, 0.5) is 0 Å². The number of sulfonamides is 1. The molecule has 2 aromatic rings. The van der Waals surface area contributed by atoms with Crippen LogP contribution in [-0.2, 0) is 22.0 Å². The Morgan fingerprint density at radius 2 is 1.95 bits per heavy atom. The van der Waals surface area contributed by atoms with Gasteiger partial charge in [0.05, 0.1) is 4.90 Å². The number of rotatable bonds is 4. The molecule has 0 saturated carbocycles. The van der Waals surface area contributed by atoms with Gasteiger partial charge in [0.1, 0.15) is 5.60 Å². The van der Waals surface area contributed by atoms with Crippen LogP contribution in [0.15, 0.2) is 53.4 Å². The monoisotopic (exact) mass is 337 g/mol. The van der Waals surface area contributed by atoms with E-state index >= 15 is 0 Å². The largest absolute Gasteiger partial charge is 0.384 e. The number of benzene rings is 2. The number of hydrogen-bond donors (Lipinski definition) is 2. The molecule has 0 radical (unpaired) electrons. The van der Waals surface area contributed by atoms with Crippen LogP contribution in [0.25, 0.3) is 0 Å². The molecule has 1 atom stereocenters. The Labute approximate surface area is 134 Å². The van der Waals surface area contributed by atoms with E-state index in [1.165, 1.54) is 12.1 Å². The molecule has 0 saturated heterocycles. The van der Waals surface area contributed by atoms with Crippen molar-refractivity contribution >= 4 is 21.6 Å². The predicted molar refractivity (Wildman–Crippen MR) is 85.3 cm³/mol. The Balaban J connectivity index is 1.81. The average Bonchev–Trinajstić information content (AvgIpc) is 2.84. The molecule has 0 aliphatic heterocycles. The summed E-state index contributed by atoms with van der Waals surface area (Å²) >= 11 is 5.83. The van der Waals surface area contributed by atoms with Gasteiger partial charge < -0.3 is 5.11 Å². The molecular formula is C16H16ClNO3S. The van der Waals surface area contributed by atoms with E-state index in [1.807, 2.05) is 24.3 Å². The molecule has 0 fully saturated rings. The zero-order valence-corrected chi connectivity index (χ0v) is 13.4. The molecule has 22 heavy (non-hydrogen) atoms. The number of hydrogen-bond acceptors (Lipinski definition) is 3. The maximum atomic E-state index is 12.3. The Kier molecular flexibility index (Phi) is 3.99. The van der Waals surface area contributed by atoms with Crippen LogP contribution in [0, 0.1) is 0 Å². The third-order valence-electron chi connectivity index (χ3n) is 3.99. The molecule has 1 aliphatic rings. The van der Waals surface area contributed by atoms with Crippen LogP contribution in [0.1, 0.15) is 17.5 Å². The fourth-order valence-electron chi connectivity index (χ4n) is 2.78. The zero-order valence-electron chi connectivity index (χ0n) is 11.8. The van der Waals surface area contributed by atoms with E-state index in [0.29, 0.717) is 11.4 Å². The van der Waals surface area contributed by atoms with E-state index in [1.54, 1.807) is 12.1 Å². The molecule has 2 aromatic carbocycles. The number of aryl methyl sites for hydroxylation is 1. The minimum absolute atomic E-state index is 0.0567. The third-order valence-corrected chi connectivity index (χ3v) is 5.62. The van der Waals surface area contributed by atoms with Gasteiger partial charge in [-0.15, -0.1) is 0 Å². The summed E-state index contributed by atoms with van der Waals surface area (Å²) in [7, 11) is -3.71. The van der Waals surface area contributed by atoms with Gasteiger partial charge in [-0.05, 0) is 42.2 Å². The molecule has 3 rings (SSSR count). The molecular weight excluding hydrogens is 322 g/mol. The van der Waals surface area contributed by atoms with Crippen molar-refractivity contribution in [3.63, 3.8) is 0 Å². The lowest BCUT2D eigenvalue weighted by molar-refractivity contribution is 0.0442. The van der Waals surface area contributed by atoms with Crippen molar-refractivity contribution in [2.24, 2.45) is 0 Å². The van der Waals surface area contributed by atoms with Crippen LogP contribution in [-0.4, -0.2) is 20.1 Å². The normalized spacial score (nSPS) is 20.8. The first kappa shape index (κ1) is 15.5. The van der Waals surface area contributed by atoms with Gasteiger partial charge in [0.15, 0.2) is 0 Å². The summed E-state index contributed by atoms with van der Waals surface area (Å²) in [6.45, 7) is -0.0567. The van der Waals surface area contributed by atoms with E-state index in [9.17, 15) is 13.5 Å². The van der Waals surface area contributed by atoms with E-state index < -0.39 is 15.6 Å². The number of fused-ring (bicyclic) bond motifs is 1. The minimum Gasteiger partial charge on any atom is -0.384 e. The summed E-state index contributed by atoms with van der Waals surface area (Å²) in [6, 6.07) is 13.6. The van der Waals surface area contributed by atoms with Crippen molar-refractivity contribution in [2.45, 2.75) is 23.3 Å². The van der Waals surface area contributed by atoms with Gasteiger partial charge in [0.25, 0.3) is 0 Å². The molecule has 0 amide bonds. The second-order valence-corrected chi connectivity index (χ2v) is 7.67. The maximum absolute atomic E-state index is 12.3. The molecule has 0 aromatic heterocycles. The van der Waals surface area contributed by atoms with Crippen LogP contribution in [0.3, 0.4) is 0 Å². The number of nitrogens with one attached hydrogen (secondary N) is 1. The highest BCUT2D eigenvalue weighted by Crippen LogP contribution is 2.36. The summed E-state index contributed by atoms with van der Waals surface area (Å²) in [5.74, 6) is 0. The minimum atomic E-state index is -3.71. The molecule has 1 aliphatic carbocycles. The van der Waals surface area contributed by atoms with Crippen molar-refractivity contribution < 1.29 is 13.5 Å². The van der Waals surface area contributed by atoms with Crippen molar-refractivity contribution in [2.75, 3.05) is 6.54 Å². The van der Waals surface area contributed by atoms with Gasteiger partial charge >= 0.3 is 0 Å². The summed E-state index contributed by atoms with van der Waals surface area (Å²) in [5.41, 5.74) is 0.693. The van der Waals surface area contributed by atoms with E-state index in [0.717, 1.165) is 17.5 Å². The lowest BCUT2D eigenvalue weighted by Crippen LogP contribution is -2.39. The highest BCUT2D eigenvalue weighted by molar-refractivity contribution is 7.89. The Bertz CT molecular complexity index is 807. The molecule has 1 unspecified atom stereocenters. The molecule has 0 heterocycles. The van der Waals surface area contributed by atoms with Crippen molar-refractivity contribution in [1.82, 2.24) is 4.72 Å². The van der Waals surface area contributed by atoms with E-state index in [4.69, 9.17) is 11.6 Å². The van der Waals surface area contributed by atoms with Gasteiger partial charge in [0.2, 0.25) is 10.0 Å². The first-order chi connectivity index (χ1) is 10.4. The predicted octanol–water partition coefficient (Wildman–Crippen LogP) is 2.45. The topological polar surface area (TPSA) is 66.4 Å². The fraction of sp³-hybridized carbons (Fsp3) is 0.250. The standard InChI is InChI=1S/C16H16ClNO3S/c17-13-5-3-6-14(10-13)22(20,21)18-11-16(19)9-8-12-4-1-2-7-15(12)16/h1-7,10,18-19H,8-9,11H2. The second kappa shape index (κ2) is 5.66. The van der Waals surface area contributed by atoms with Crippen LogP contribution < -0.4 is 4.72 Å². The van der Waals surface area contributed by atoms with Gasteiger partial charge in [-0.3, -0.25) is 0 Å².